The number of ether oxygens (including phenoxy) is 1. The number of nitrogens with one attached hydrogen (secondary N) is 1. The number of urea groups is 1. The number of hydrogen-bond donors (Lipinski definition) is 1. The van der Waals surface area contributed by atoms with E-state index < -0.39 is 17.8 Å². The zero-order chi connectivity index (χ0) is 23.5. The maximum atomic E-state index is 13.2. The molecule has 0 unspecified atom stereocenters. The molecule has 166 valence electrons. The molecule has 4 rings (SSSR count). The van der Waals surface area contributed by atoms with Crippen LogP contribution in [0, 0.1) is 6.92 Å². The van der Waals surface area contributed by atoms with E-state index in [4.69, 9.17) is 16.3 Å². The van der Waals surface area contributed by atoms with Crippen LogP contribution in [-0.4, -0.2) is 17.8 Å². The molecule has 0 aliphatic carbocycles. The lowest BCUT2D eigenvalue weighted by Crippen LogP contribution is -2.54. The van der Waals surface area contributed by atoms with E-state index in [1.807, 2.05) is 31.2 Å². The topological polar surface area (TPSA) is 75.7 Å². The second-order valence-electron chi connectivity index (χ2n) is 7.37. The van der Waals surface area contributed by atoms with Crippen LogP contribution in [0.1, 0.15) is 16.7 Å². The van der Waals surface area contributed by atoms with E-state index in [1.165, 1.54) is 12.1 Å². The van der Waals surface area contributed by atoms with Gasteiger partial charge < -0.3 is 4.74 Å². The fourth-order valence-corrected chi connectivity index (χ4v) is 3.99. The number of rotatable bonds is 5. The van der Waals surface area contributed by atoms with Crippen molar-refractivity contribution in [1.29, 1.82) is 0 Å². The molecule has 4 amide bonds. The fraction of sp³-hybridized carbons (Fsp3) is 0.0800. The third-order valence-electron chi connectivity index (χ3n) is 4.94. The molecule has 1 fully saturated rings. The number of halogens is 2. The van der Waals surface area contributed by atoms with Gasteiger partial charge in [-0.25, -0.2) is 9.69 Å². The van der Waals surface area contributed by atoms with Gasteiger partial charge in [-0.1, -0.05) is 69.5 Å². The number of hydrogen-bond acceptors (Lipinski definition) is 4. The van der Waals surface area contributed by atoms with Gasteiger partial charge in [0.05, 0.1) is 10.7 Å². The van der Waals surface area contributed by atoms with Crippen molar-refractivity contribution >= 4 is 57.1 Å². The molecule has 3 aromatic rings. The zero-order valence-corrected chi connectivity index (χ0v) is 19.8. The first kappa shape index (κ1) is 22.8. The van der Waals surface area contributed by atoms with Crippen molar-refractivity contribution in [2.24, 2.45) is 0 Å². The van der Waals surface area contributed by atoms with Gasteiger partial charge in [0, 0.05) is 10.0 Å². The average Bonchev–Trinajstić information content (AvgIpc) is 2.77. The quantitative estimate of drug-likeness (QED) is 0.345. The maximum Gasteiger partial charge on any atom is 0.335 e. The summed E-state index contributed by atoms with van der Waals surface area (Å²) in [6.07, 6.45) is 1.41. The second kappa shape index (κ2) is 9.60. The van der Waals surface area contributed by atoms with Crippen LogP contribution in [0.15, 0.2) is 76.8 Å². The summed E-state index contributed by atoms with van der Waals surface area (Å²) in [5.74, 6) is -1.09. The number of para-hydroxylation sites is 1. The Kier molecular flexibility index (Phi) is 6.62. The molecule has 0 radical (unpaired) electrons. The lowest BCUT2D eigenvalue weighted by atomic mass is 10.1. The van der Waals surface area contributed by atoms with Crippen molar-refractivity contribution < 1.29 is 19.1 Å². The number of carbonyl (C=O) groups is 3. The van der Waals surface area contributed by atoms with Gasteiger partial charge >= 0.3 is 6.03 Å². The monoisotopic (exact) mass is 524 g/mol. The summed E-state index contributed by atoms with van der Waals surface area (Å²) in [6, 6.07) is 18.7. The van der Waals surface area contributed by atoms with Crippen molar-refractivity contribution in [2.45, 2.75) is 13.5 Å². The Morgan fingerprint density at radius 3 is 2.58 bits per heavy atom. The molecule has 1 aliphatic heterocycles. The molecule has 1 saturated heterocycles. The number of anilines is 1. The minimum Gasteiger partial charge on any atom is -0.488 e. The zero-order valence-electron chi connectivity index (χ0n) is 17.5. The second-order valence-corrected chi connectivity index (χ2v) is 8.69. The highest BCUT2D eigenvalue weighted by atomic mass is 79.9. The molecule has 0 aromatic heterocycles. The van der Waals surface area contributed by atoms with E-state index in [1.54, 1.807) is 36.4 Å². The van der Waals surface area contributed by atoms with Crippen LogP contribution in [0.5, 0.6) is 5.75 Å². The molecule has 0 spiro atoms. The van der Waals surface area contributed by atoms with Crippen molar-refractivity contribution in [3.8, 4) is 5.75 Å². The third-order valence-corrected chi connectivity index (χ3v) is 5.76. The summed E-state index contributed by atoms with van der Waals surface area (Å²) in [6.45, 7) is 2.31. The average molecular weight is 526 g/mol. The number of imide groups is 2. The van der Waals surface area contributed by atoms with Gasteiger partial charge in [0.2, 0.25) is 0 Å². The summed E-state index contributed by atoms with van der Waals surface area (Å²) < 4.78 is 6.72. The van der Waals surface area contributed by atoms with Crippen LogP contribution in [0.3, 0.4) is 0 Å². The molecule has 8 heteroatoms. The van der Waals surface area contributed by atoms with E-state index >= 15 is 0 Å². The molecular weight excluding hydrogens is 508 g/mol. The van der Waals surface area contributed by atoms with Gasteiger partial charge in [0.1, 0.15) is 17.9 Å². The van der Waals surface area contributed by atoms with Crippen molar-refractivity contribution in [2.75, 3.05) is 4.90 Å². The third kappa shape index (κ3) is 4.99. The highest BCUT2D eigenvalue weighted by molar-refractivity contribution is 9.10. The number of barbiturate groups is 1. The minimum absolute atomic E-state index is 0.185. The van der Waals surface area contributed by atoms with Crippen LogP contribution in [-0.2, 0) is 16.2 Å². The fourth-order valence-electron chi connectivity index (χ4n) is 3.39. The first-order valence-electron chi connectivity index (χ1n) is 9.97. The number of amides is 4. The van der Waals surface area contributed by atoms with E-state index in [-0.39, 0.29) is 16.3 Å². The normalized spacial score (nSPS) is 15.1. The molecule has 0 bridgehead atoms. The van der Waals surface area contributed by atoms with Crippen LogP contribution in [0.2, 0.25) is 5.02 Å². The summed E-state index contributed by atoms with van der Waals surface area (Å²) in [7, 11) is 0. The van der Waals surface area contributed by atoms with Gasteiger partial charge in [-0.3, -0.25) is 14.9 Å². The largest absolute Gasteiger partial charge is 0.488 e. The number of carbonyl (C=O) groups excluding carboxylic acids is 3. The van der Waals surface area contributed by atoms with Crippen molar-refractivity contribution in [1.82, 2.24) is 5.32 Å². The van der Waals surface area contributed by atoms with E-state index in [0.29, 0.717) is 17.9 Å². The summed E-state index contributed by atoms with van der Waals surface area (Å²) in [4.78, 5) is 39.0. The Balaban J connectivity index is 1.69. The summed E-state index contributed by atoms with van der Waals surface area (Å²) in [5, 5.41) is 2.41. The lowest BCUT2D eigenvalue weighted by molar-refractivity contribution is -0.122. The van der Waals surface area contributed by atoms with Gasteiger partial charge in [0.15, 0.2) is 0 Å². The summed E-state index contributed by atoms with van der Waals surface area (Å²) in [5.41, 5.74) is 2.57. The van der Waals surface area contributed by atoms with Gasteiger partial charge in [-0.15, -0.1) is 0 Å². The Labute approximate surface area is 203 Å². The molecule has 33 heavy (non-hydrogen) atoms. The van der Waals surface area contributed by atoms with Crippen molar-refractivity contribution in [3.63, 3.8) is 0 Å². The molecule has 6 nitrogen and oxygen atoms in total. The summed E-state index contributed by atoms with van der Waals surface area (Å²) >= 11 is 9.60. The van der Waals surface area contributed by atoms with Crippen LogP contribution in [0.4, 0.5) is 10.5 Å². The standard InChI is InChI=1S/C25H18BrClN2O4/c1-15-5-4-6-16(11-15)14-33-22-10-9-18(26)12-17(22)13-19-23(30)28-25(32)29(24(19)31)21-8-3-2-7-20(21)27/h2-13H,14H2,1H3,(H,28,30,32)/b19-13+. The van der Waals surface area contributed by atoms with Gasteiger partial charge in [0.25, 0.3) is 11.8 Å². The Morgan fingerprint density at radius 2 is 1.82 bits per heavy atom. The molecule has 1 heterocycles. The highest BCUT2D eigenvalue weighted by Gasteiger charge is 2.37. The molecule has 1 N–H and O–H groups in total. The van der Waals surface area contributed by atoms with E-state index in [9.17, 15) is 14.4 Å². The minimum atomic E-state index is -0.861. The maximum absolute atomic E-state index is 13.2. The van der Waals surface area contributed by atoms with Crippen molar-refractivity contribution in [3.05, 3.63) is 98.5 Å². The SMILES string of the molecule is Cc1cccc(COc2ccc(Br)cc2/C=C2\C(=O)NC(=O)N(c3ccccc3Cl)C2=O)c1. The Bertz CT molecular complexity index is 1310. The van der Waals surface area contributed by atoms with Crippen LogP contribution < -0.4 is 15.0 Å². The smallest absolute Gasteiger partial charge is 0.335 e. The number of benzene rings is 3. The molecular formula is C25H18BrClN2O4. The molecule has 0 atom stereocenters. The highest BCUT2D eigenvalue weighted by Crippen LogP contribution is 2.31. The van der Waals surface area contributed by atoms with Crippen LogP contribution in [0.25, 0.3) is 6.08 Å². The molecule has 3 aromatic carbocycles. The van der Waals surface area contributed by atoms with Gasteiger partial charge in [-0.2, -0.15) is 0 Å². The van der Waals surface area contributed by atoms with Gasteiger partial charge in [-0.05, 0) is 48.9 Å². The Hall–Kier alpha value is -3.42. The van der Waals surface area contributed by atoms with E-state index in [2.05, 4.69) is 21.2 Å². The predicted octanol–water partition coefficient (Wildman–Crippen LogP) is 5.66. The predicted molar refractivity (Wildman–Crippen MR) is 130 cm³/mol. The number of aryl methyl sites for hydroxylation is 1. The molecule has 0 saturated carbocycles. The Morgan fingerprint density at radius 1 is 1.03 bits per heavy atom. The van der Waals surface area contributed by atoms with Crippen LogP contribution >= 0.6 is 27.5 Å². The lowest BCUT2D eigenvalue weighted by Gasteiger charge is -2.27. The van der Waals surface area contributed by atoms with E-state index in [0.717, 1.165) is 20.5 Å². The first-order valence-corrected chi connectivity index (χ1v) is 11.1. The number of nitrogens with zero attached hydrogens (tertiary/aromatic N) is 1. The first-order chi connectivity index (χ1) is 15.8. The molecule has 1 aliphatic rings.